The van der Waals surface area contributed by atoms with Crippen LogP contribution in [0.1, 0.15) is 11.1 Å². The third-order valence-electron chi connectivity index (χ3n) is 4.07. The van der Waals surface area contributed by atoms with E-state index < -0.39 is 16.1 Å². The molecule has 0 fully saturated rings. The van der Waals surface area contributed by atoms with Gasteiger partial charge in [0.15, 0.2) is 6.10 Å². The maximum Gasteiger partial charge on any atom is 0.267 e. The molecule has 1 heterocycles. The minimum Gasteiger partial charge on any atom is -0.476 e. The van der Waals surface area contributed by atoms with E-state index in [2.05, 4.69) is 5.32 Å². The molecule has 1 N–H and O–H groups in total. The molecule has 1 atom stereocenters. The number of carbonyl (C=O) groups excluding carboxylic acids is 1. The molecule has 7 heteroatoms. The van der Waals surface area contributed by atoms with Crippen molar-refractivity contribution >= 4 is 27.3 Å². The van der Waals surface area contributed by atoms with Crippen LogP contribution in [-0.4, -0.2) is 33.2 Å². The number of hydrogen-bond donors (Lipinski definition) is 1. The zero-order valence-electron chi connectivity index (χ0n) is 14.3. The summed E-state index contributed by atoms with van der Waals surface area (Å²) in [5, 5.41) is 2.82. The van der Waals surface area contributed by atoms with Crippen molar-refractivity contribution in [3.05, 3.63) is 53.6 Å². The van der Waals surface area contributed by atoms with Gasteiger partial charge in [0.2, 0.25) is 10.0 Å². The van der Waals surface area contributed by atoms with Crippen molar-refractivity contribution in [3.8, 4) is 5.75 Å². The topological polar surface area (TPSA) is 75.7 Å². The normalized spacial score (nSPS) is 16.8. The van der Waals surface area contributed by atoms with Gasteiger partial charge >= 0.3 is 0 Å². The lowest BCUT2D eigenvalue weighted by molar-refractivity contribution is -0.122. The van der Waals surface area contributed by atoms with Crippen LogP contribution in [0, 0.1) is 13.8 Å². The Balaban J connectivity index is 1.87. The van der Waals surface area contributed by atoms with Gasteiger partial charge in [0.1, 0.15) is 5.75 Å². The highest BCUT2D eigenvalue weighted by atomic mass is 32.2. The molecular weight excluding hydrogens is 340 g/mol. The molecule has 2 aromatic rings. The summed E-state index contributed by atoms with van der Waals surface area (Å²) in [4.78, 5) is 12.6. The van der Waals surface area contributed by atoms with Gasteiger partial charge in [0, 0.05) is 5.69 Å². The standard InChI is InChI=1S/C18H20N2O4S/c1-12-8-9-14(13(2)10-12)19-18(21)17-11-20(25(3,22)23)15-6-4-5-7-16(15)24-17/h4-10,17H,11H2,1-3H3,(H,19,21). The molecule has 132 valence electrons. The van der Waals surface area contributed by atoms with Crippen molar-refractivity contribution in [2.45, 2.75) is 20.0 Å². The van der Waals surface area contributed by atoms with Gasteiger partial charge in [0.05, 0.1) is 18.5 Å². The number of nitrogens with zero attached hydrogens (tertiary/aromatic N) is 1. The van der Waals surface area contributed by atoms with E-state index >= 15 is 0 Å². The molecule has 1 aliphatic heterocycles. The maximum atomic E-state index is 12.6. The first-order chi connectivity index (χ1) is 11.8. The second-order valence-corrected chi connectivity index (χ2v) is 8.08. The van der Waals surface area contributed by atoms with Crippen molar-refractivity contribution in [1.29, 1.82) is 0 Å². The number of nitrogens with one attached hydrogen (secondary N) is 1. The first-order valence-electron chi connectivity index (χ1n) is 7.87. The first kappa shape index (κ1) is 17.3. The Labute approximate surface area is 147 Å². The summed E-state index contributed by atoms with van der Waals surface area (Å²) in [7, 11) is -3.52. The molecule has 6 nitrogen and oxygen atoms in total. The van der Waals surface area contributed by atoms with E-state index in [1.54, 1.807) is 24.3 Å². The number of rotatable bonds is 3. The van der Waals surface area contributed by atoms with Crippen LogP contribution in [0.15, 0.2) is 42.5 Å². The number of anilines is 2. The average molecular weight is 360 g/mol. The van der Waals surface area contributed by atoms with Crippen LogP contribution in [0.4, 0.5) is 11.4 Å². The highest BCUT2D eigenvalue weighted by Crippen LogP contribution is 2.34. The third kappa shape index (κ3) is 3.61. The molecule has 1 amide bonds. The Kier molecular flexibility index (Phi) is 4.43. The van der Waals surface area contributed by atoms with Crippen LogP contribution >= 0.6 is 0 Å². The van der Waals surface area contributed by atoms with Gasteiger partial charge in [-0.1, -0.05) is 29.8 Å². The number of hydrogen-bond acceptors (Lipinski definition) is 4. The predicted molar refractivity (Wildman–Crippen MR) is 97.6 cm³/mol. The molecule has 1 unspecified atom stereocenters. The molecule has 2 aromatic carbocycles. The molecule has 0 saturated carbocycles. The largest absolute Gasteiger partial charge is 0.476 e. The Bertz CT molecular complexity index is 924. The summed E-state index contributed by atoms with van der Waals surface area (Å²) in [5.41, 5.74) is 3.16. The minimum absolute atomic E-state index is 0.0629. The molecule has 1 aliphatic rings. The maximum absolute atomic E-state index is 12.6. The average Bonchev–Trinajstić information content (AvgIpc) is 2.55. The number of sulfonamides is 1. The Hall–Kier alpha value is -2.54. The van der Waals surface area contributed by atoms with Crippen LogP contribution < -0.4 is 14.4 Å². The van der Waals surface area contributed by atoms with Gasteiger partial charge in [-0.15, -0.1) is 0 Å². The molecule has 0 aliphatic carbocycles. The smallest absolute Gasteiger partial charge is 0.267 e. The second kappa shape index (κ2) is 6.40. The van der Waals surface area contributed by atoms with E-state index in [0.29, 0.717) is 17.1 Å². The first-order valence-corrected chi connectivity index (χ1v) is 9.72. The Morgan fingerprint density at radius 1 is 1.20 bits per heavy atom. The Morgan fingerprint density at radius 3 is 2.60 bits per heavy atom. The fourth-order valence-corrected chi connectivity index (χ4v) is 3.73. The Morgan fingerprint density at radius 2 is 1.92 bits per heavy atom. The number of aryl methyl sites for hydroxylation is 2. The number of fused-ring (bicyclic) bond motifs is 1. The summed E-state index contributed by atoms with van der Waals surface area (Å²) in [6, 6.07) is 12.5. The van der Waals surface area contributed by atoms with E-state index in [1.807, 2.05) is 32.0 Å². The fourth-order valence-electron chi connectivity index (χ4n) is 2.82. The van der Waals surface area contributed by atoms with Crippen LogP contribution in [0.2, 0.25) is 0 Å². The van der Waals surface area contributed by atoms with Crippen molar-refractivity contribution in [1.82, 2.24) is 0 Å². The molecule has 0 spiro atoms. The highest BCUT2D eigenvalue weighted by Gasteiger charge is 2.34. The minimum atomic E-state index is -3.52. The van der Waals surface area contributed by atoms with Crippen molar-refractivity contribution in [2.24, 2.45) is 0 Å². The van der Waals surface area contributed by atoms with Gasteiger partial charge in [-0.3, -0.25) is 9.10 Å². The van der Waals surface area contributed by atoms with E-state index in [9.17, 15) is 13.2 Å². The molecule has 25 heavy (non-hydrogen) atoms. The van der Waals surface area contributed by atoms with Crippen molar-refractivity contribution in [3.63, 3.8) is 0 Å². The van der Waals surface area contributed by atoms with Gasteiger partial charge in [-0.2, -0.15) is 0 Å². The van der Waals surface area contributed by atoms with Gasteiger partial charge in [0.25, 0.3) is 5.91 Å². The van der Waals surface area contributed by atoms with E-state index in [-0.39, 0.29) is 12.5 Å². The highest BCUT2D eigenvalue weighted by molar-refractivity contribution is 7.92. The molecule has 0 saturated heterocycles. The summed E-state index contributed by atoms with van der Waals surface area (Å²) in [5.74, 6) is -0.00457. The summed E-state index contributed by atoms with van der Waals surface area (Å²) in [6.07, 6.45) is 0.194. The third-order valence-corrected chi connectivity index (χ3v) is 5.21. The lowest BCUT2D eigenvalue weighted by Gasteiger charge is -2.33. The lowest BCUT2D eigenvalue weighted by Crippen LogP contribution is -2.48. The summed E-state index contributed by atoms with van der Waals surface area (Å²) >= 11 is 0. The number of amides is 1. The van der Waals surface area contributed by atoms with Gasteiger partial charge in [-0.05, 0) is 37.6 Å². The SMILES string of the molecule is Cc1ccc(NC(=O)C2CN(S(C)(=O)=O)c3ccccc3O2)c(C)c1. The second-order valence-electron chi connectivity index (χ2n) is 6.18. The zero-order valence-corrected chi connectivity index (χ0v) is 15.1. The van der Waals surface area contributed by atoms with Crippen LogP contribution in [0.25, 0.3) is 0 Å². The van der Waals surface area contributed by atoms with Gasteiger partial charge < -0.3 is 10.1 Å². The van der Waals surface area contributed by atoms with Crippen LogP contribution in [0.3, 0.4) is 0 Å². The van der Waals surface area contributed by atoms with Crippen molar-refractivity contribution < 1.29 is 17.9 Å². The van der Waals surface area contributed by atoms with Crippen LogP contribution in [0.5, 0.6) is 5.75 Å². The quantitative estimate of drug-likeness (QED) is 0.912. The van der Waals surface area contributed by atoms with Crippen molar-refractivity contribution in [2.75, 3.05) is 22.4 Å². The predicted octanol–water partition coefficient (Wildman–Crippen LogP) is 2.47. The molecule has 0 radical (unpaired) electrons. The number of carbonyl (C=O) groups is 1. The fraction of sp³-hybridized carbons (Fsp3) is 0.278. The molecule has 3 rings (SSSR count). The lowest BCUT2D eigenvalue weighted by atomic mass is 10.1. The number of ether oxygens (including phenoxy) is 1. The molecule has 0 aromatic heterocycles. The van der Waals surface area contributed by atoms with Crippen LogP contribution in [-0.2, 0) is 14.8 Å². The van der Waals surface area contributed by atoms with Gasteiger partial charge in [-0.25, -0.2) is 8.42 Å². The monoisotopic (exact) mass is 360 g/mol. The number of benzene rings is 2. The zero-order chi connectivity index (χ0) is 18.2. The molecular formula is C18H20N2O4S. The van der Waals surface area contributed by atoms with E-state index in [0.717, 1.165) is 17.4 Å². The number of para-hydroxylation sites is 2. The van der Waals surface area contributed by atoms with E-state index in [1.165, 1.54) is 4.31 Å². The summed E-state index contributed by atoms with van der Waals surface area (Å²) < 4.78 is 31.2. The van der Waals surface area contributed by atoms with E-state index in [4.69, 9.17) is 4.74 Å². The molecule has 0 bridgehead atoms. The summed E-state index contributed by atoms with van der Waals surface area (Å²) in [6.45, 7) is 3.82.